The Morgan fingerprint density at radius 2 is 1.67 bits per heavy atom. The highest BCUT2D eigenvalue weighted by molar-refractivity contribution is 7.15. The van der Waals surface area contributed by atoms with Gasteiger partial charge in [-0.2, -0.15) is 0 Å². The van der Waals surface area contributed by atoms with Crippen LogP contribution in [-0.2, 0) is 0 Å². The van der Waals surface area contributed by atoms with Gasteiger partial charge in [-0.15, -0.1) is 10.2 Å². The lowest BCUT2D eigenvalue weighted by atomic mass is 10.1. The van der Waals surface area contributed by atoms with E-state index in [2.05, 4.69) is 15.5 Å². The molecule has 0 fully saturated rings. The summed E-state index contributed by atoms with van der Waals surface area (Å²) in [6.07, 6.45) is 1.74. The van der Waals surface area contributed by atoms with Gasteiger partial charge in [0.1, 0.15) is 5.75 Å². The van der Waals surface area contributed by atoms with Gasteiger partial charge in [0.2, 0.25) is 5.01 Å². The summed E-state index contributed by atoms with van der Waals surface area (Å²) < 4.78 is 0. The third-order valence-electron chi connectivity index (χ3n) is 3.94. The summed E-state index contributed by atoms with van der Waals surface area (Å²) in [4.78, 5) is 12.3. The SMILES string of the molecule is Cc1ccc(NC(=O)c2nnc(/C(Cl)=C/c3cc(C)c(O)c(C)c3)s2)cc1. The number of nitrogens with zero attached hydrogens (tertiary/aromatic N) is 2. The Balaban J connectivity index is 1.78. The van der Waals surface area contributed by atoms with E-state index in [0.717, 1.165) is 33.6 Å². The molecule has 7 heteroatoms. The Hall–Kier alpha value is -2.70. The van der Waals surface area contributed by atoms with Gasteiger partial charge in [0.15, 0.2) is 5.01 Å². The number of amides is 1. The number of rotatable bonds is 4. The molecule has 1 amide bonds. The van der Waals surface area contributed by atoms with E-state index in [-0.39, 0.29) is 16.7 Å². The van der Waals surface area contributed by atoms with Crippen molar-refractivity contribution in [1.82, 2.24) is 10.2 Å². The van der Waals surface area contributed by atoms with Crippen LogP contribution in [0.1, 0.15) is 37.1 Å². The summed E-state index contributed by atoms with van der Waals surface area (Å²) >= 11 is 7.47. The molecule has 0 atom stereocenters. The molecule has 27 heavy (non-hydrogen) atoms. The number of aryl methyl sites for hydroxylation is 3. The molecular formula is C20H18ClN3O2S. The number of phenolic OH excluding ortho intramolecular Hbond substituents is 1. The highest BCUT2D eigenvalue weighted by Gasteiger charge is 2.15. The monoisotopic (exact) mass is 399 g/mol. The molecule has 0 aliphatic carbocycles. The molecule has 2 N–H and O–H groups in total. The summed E-state index contributed by atoms with van der Waals surface area (Å²) in [5.74, 6) is -0.0577. The third-order valence-corrected chi connectivity index (χ3v) is 5.30. The topological polar surface area (TPSA) is 75.1 Å². The molecule has 0 radical (unpaired) electrons. The molecule has 0 unspecified atom stereocenters. The first kappa shape index (κ1) is 19.1. The van der Waals surface area contributed by atoms with E-state index in [4.69, 9.17) is 11.6 Å². The Labute approximate surface area is 166 Å². The fraction of sp³-hybridized carbons (Fsp3) is 0.150. The van der Waals surface area contributed by atoms with Crippen molar-refractivity contribution in [3.8, 4) is 5.75 Å². The highest BCUT2D eigenvalue weighted by Crippen LogP contribution is 2.29. The molecule has 138 valence electrons. The van der Waals surface area contributed by atoms with Crippen LogP contribution in [0.5, 0.6) is 5.75 Å². The number of hydrogen-bond acceptors (Lipinski definition) is 5. The number of benzene rings is 2. The van der Waals surface area contributed by atoms with Crippen LogP contribution >= 0.6 is 22.9 Å². The minimum atomic E-state index is -0.330. The van der Waals surface area contributed by atoms with Crippen molar-refractivity contribution in [3.63, 3.8) is 0 Å². The number of halogens is 1. The van der Waals surface area contributed by atoms with Crippen molar-refractivity contribution in [2.24, 2.45) is 0 Å². The first-order valence-corrected chi connectivity index (χ1v) is 9.42. The average molecular weight is 400 g/mol. The maximum atomic E-state index is 12.3. The Morgan fingerprint density at radius 1 is 1.07 bits per heavy atom. The van der Waals surface area contributed by atoms with Crippen molar-refractivity contribution in [2.45, 2.75) is 20.8 Å². The Morgan fingerprint density at radius 3 is 2.30 bits per heavy atom. The summed E-state index contributed by atoms with van der Waals surface area (Å²) in [7, 11) is 0. The van der Waals surface area contributed by atoms with Crippen molar-refractivity contribution >= 4 is 45.6 Å². The summed E-state index contributed by atoms with van der Waals surface area (Å²) in [6.45, 7) is 5.63. The second-order valence-electron chi connectivity index (χ2n) is 6.23. The zero-order chi connectivity index (χ0) is 19.6. The minimum absolute atomic E-state index is 0.232. The van der Waals surface area contributed by atoms with E-state index >= 15 is 0 Å². The minimum Gasteiger partial charge on any atom is -0.507 e. The number of nitrogens with one attached hydrogen (secondary N) is 1. The highest BCUT2D eigenvalue weighted by atomic mass is 35.5. The van der Waals surface area contributed by atoms with E-state index in [1.165, 1.54) is 0 Å². The smallest absolute Gasteiger partial charge is 0.286 e. The quantitative estimate of drug-likeness (QED) is 0.635. The average Bonchev–Trinajstić information content (AvgIpc) is 3.12. The molecule has 2 aromatic carbocycles. The molecule has 5 nitrogen and oxygen atoms in total. The standard InChI is InChI=1S/C20H18ClN3O2S/c1-11-4-6-15(7-5-11)22-18(26)20-24-23-19(27-20)16(21)10-14-8-12(2)17(25)13(3)9-14/h4-10,25H,1-3H3,(H,22,26)/b16-10-. The van der Waals surface area contributed by atoms with Crippen molar-refractivity contribution < 1.29 is 9.90 Å². The van der Waals surface area contributed by atoms with Gasteiger partial charge >= 0.3 is 0 Å². The van der Waals surface area contributed by atoms with Crippen molar-refractivity contribution in [3.05, 3.63) is 68.7 Å². The van der Waals surface area contributed by atoms with E-state index in [9.17, 15) is 9.90 Å². The maximum absolute atomic E-state index is 12.3. The van der Waals surface area contributed by atoms with Crippen molar-refractivity contribution in [1.29, 1.82) is 0 Å². The van der Waals surface area contributed by atoms with Crippen LogP contribution in [0.3, 0.4) is 0 Å². The number of carbonyl (C=O) groups excluding carboxylic acids is 1. The van der Waals surface area contributed by atoms with Gasteiger partial charge in [0, 0.05) is 5.69 Å². The first-order valence-electron chi connectivity index (χ1n) is 8.23. The fourth-order valence-electron chi connectivity index (χ4n) is 2.51. The third kappa shape index (κ3) is 4.53. The van der Waals surface area contributed by atoms with Crippen LogP contribution in [-0.4, -0.2) is 21.2 Å². The van der Waals surface area contributed by atoms with Crippen LogP contribution in [0.25, 0.3) is 11.1 Å². The van der Waals surface area contributed by atoms with Crippen LogP contribution in [0.4, 0.5) is 5.69 Å². The molecule has 1 heterocycles. The largest absolute Gasteiger partial charge is 0.507 e. The van der Waals surface area contributed by atoms with E-state index in [1.54, 1.807) is 6.08 Å². The molecule has 3 aromatic rings. The second kappa shape index (κ2) is 7.90. The van der Waals surface area contributed by atoms with Gasteiger partial charge in [-0.25, -0.2) is 0 Å². The summed E-state index contributed by atoms with van der Waals surface area (Å²) in [5.41, 5.74) is 4.18. The van der Waals surface area contributed by atoms with Crippen LogP contribution < -0.4 is 5.32 Å². The molecule has 3 rings (SSSR count). The fourth-order valence-corrected chi connectivity index (χ4v) is 3.44. The maximum Gasteiger partial charge on any atom is 0.286 e. The molecular weight excluding hydrogens is 382 g/mol. The number of anilines is 1. The number of phenols is 1. The summed E-state index contributed by atoms with van der Waals surface area (Å²) in [5, 5.41) is 21.7. The van der Waals surface area contributed by atoms with Gasteiger partial charge in [-0.05, 0) is 67.8 Å². The molecule has 0 saturated heterocycles. The predicted molar refractivity (Wildman–Crippen MR) is 110 cm³/mol. The number of carbonyl (C=O) groups is 1. The van der Waals surface area contributed by atoms with Crippen LogP contribution in [0, 0.1) is 20.8 Å². The lowest BCUT2D eigenvalue weighted by Crippen LogP contribution is -2.11. The van der Waals surface area contributed by atoms with Gasteiger partial charge in [-0.1, -0.05) is 40.6 Å². The molecule has 0 saturated carbocycles. The summed E-state index contributed by atoms with van der Waals surface area (Å²) in [6, 6.07) is 11.2. The Kier molecular flexibility index (Phi) is 5.58. The number of aromatic nitrogens is 2. The number of aromatic hydroxyl groups is 1. The van der Waals surface area contributed by atoms with Gasteiger partial charge in [-0.3, -0.25) is 4.79 Å². The van der Waals surface area contributed by atoms with E-state index in [1.807, 2.05) is 57.2 Å². The predicted octanol–water partition coefficient (Wildman–Crippen LogP) is 5.16. The van der Waals surface area contributed by atoms with E-state index in [0.29, 0.717) is 15.7 Å². The molecule has 0 aliphatic heterocycles. The van der Waals surface area contributed by atoms with Gasteiger partial charge in [0.25, 0.3) is 5.91 Å². The van der Waals surface area contributed by atoms with Gasteiger partial charge in [0.05, 0.1) is 5.03 Å². The zero-order valence-electron chi connectivity index (χ0n) is 15.1. The van der Waals surface area contributed by atoms with Crippen molar-refractivity contribution in [2.75, 3.05) is 5.32 Å². The van der Waals surface area contributed by atoms with Gasteiger partial charge < -0.3 is 10.4 Å². The second-order valence-corrected chi connectivity index (χ2v) is 7.61. The molecule has 0 spiro atoms. The zero-order valence-corrected chi connectivity index (χ0v) is 16.6. The lowest BCUT2D eigenvalue weighted by molar-refractivity contribution is 0.102. The van der Waals surface area contributed by atoms with E-state index < -0.39 is 0 Å². The molecule has 0 aliphatic rings. The Bertz CT molecular complexity index is 1000. The number of hydrogen-bond donors (Lipinski definition) is 2. The van der Waals surface area contributed by atoms with Crippen LogP contribution in [0.2, 0.25) is 0 Å². The molecule has 1 aromatic heterocycles. The lowest BCUT2D eigenvalue weighted by Gasteiger charge is -2.05. The first-order chi connectivity index (χ1) is 12.8. The van der Waals surface area contributed by atoms with Crippen LogP contribution in [0.15, 0.2) is 36.4 Å². The normalized spacial score (nSPS) is 11.5. The molecule has 0 bridgehead atoms.